The first kappa shape index (κ1) is 16.9. The van der Waals surface area contributed by atoms with Crippen molar-refractivity contribution < 1.29 is 9.53 Å². The highest BCUT2D eigenvalue weighted by Crippen LogP contribution is 2.22. The van der Waals surface area contributed by atoms with Crippen molar-refractivity contribution >= 4 is 32.7 Å². The summed E-state index contributed by atoms with van der Waals surface area (Å²) in [5, 5.41) is 3.81. The van der Waals surface area contributed by atoms with Gasteiger partial charge in [-0.05, 0) is 51.5 Å². The lowest BCUT2D eigenvalue weighted by Gasteiger charge is -2.10. The summed E-state index contributed by atoms with van der Waals surface area (Å²) in [7, 11) is 0. The Morgan fingerprint density at radius 3 is 2.86 bits per heavy atom. The molecule has 0 bridgehead atoms. The summed E-state index contributed by atoms with van der Waals surface area (Å²) in [5.74, 6) is -0.0712. The summed E-state index contributed by atoms with van der Waals surface area (Å²) in [6.45, 7) is 7.15. The lowest BCUT2D eigenvalue weighted by atomic mass is 10.1. The minimum atomic E-state index is -0.0712. The molecule has 0 saturated heterocycles. The van der Waals surface area contributed by atoms with Gasteiger partial charge in [0.25, 0.3) is 5.91 Å². The van der Waals surface area contributed by atoms with Gasteiger partial charge in [0.2, 0.25) is 0 Å². The average Bonchev–Trinajstić information content (AvgIpc) is 2.46. The van der Waals surface area contributed by atoms with E-state index in [9.17, 15) is 4.79 Å². The Labute approximate surface area is 139 Å². The second-order valence-corrected chi connectivity index (χ2v) is 6.42. The van der Waals surface area contributed by atoms with Crippen LogP contribution in [-0.2, 0) is 4.74 Å². The van der Waals surface area contributed by atoms with Crippen LogP contribution in [0.5, 0.6) is 0 Å². The molecular formula is C17H21BrN2O2. The predicted molar refractivity (Wildman–Crippen MR) is 92.2 cm³/mol. The molecular weight excluding hydrogens is 344 g/mol. The van der Waals surface area contributed by atoms with E-state index in [2.05, 4.69) is 26.2 Å². The summed E-state index contributed by atoms with van der Waals surface area (Å²) < 4.78 is 6.40. The molecule has 1 aromatic carbocycles. The number of rotatable bonds is 6. The molecule has 4 nitrogen and oxygen atoms in total. The molecule has 0 atom stereocenters. The maximum Gasteiger partial charge on any atom is 0.252 e. The zero-order chi connectivity index (χ0) is 16.1. The summed E-state index contributed by atoms with van der Waals surface area (Å²) in [6, 6.07) is 7.60. The molecule has 118 valence electrons. The van der Waals surface area contributed by atoms with E-state index in [0.29, 0.717) is 18.7 Å². The van der Waals surface area contributed by atoms with Crippen LogP contribution in [0.15, 0.2) is 28.7 Å². The molecule has 22 heavy (non-hydrogen) atoms. The molecule has 0 radical (unpaired) electrons. The van der Waals surface area contributed by atoms with Crippen molar-refractivity contribution in [1.29, 1.82) is 0 Å². The first-order chi connectivity index (χ1) is 10.5. The van der Waals surface area contributed by atoms with Crippen molar-refractivity contribution in [3.63, 3.8) is 0 Å². The molecule has 1 heterocycles. The Morgan fingerprint density at radius 2 is 2.14 bits per heavy atom. The number of carbonyl (C=O) groups is 1. The molecule has 0 fully saturated rings. The van der Waals surface area contributed by atoms with E-state index >= 15 is 0 Å². The zero-order valence-corrected chi connectivity index (χ0v) is 14.7. The van der Waals surface area contributed by atoms with Gasteiger partial charge in [-0.2, -0.15) is 0 Å². The number of halogens is 1. The number of pyridine rings is 1. The van der Waals surface area contributed by atoms with Gasteiger partial charge in [0.15, 0.2) is 0 Å². The number of nitrogens with zero attached hydrogens (tertiary/aromatic N) is 1. The molecule has 5 heteroatoms. The molecule has 0 aliphatic heterocycles. The van der Waals surface area contributed by atoms with E-state index in [1.54, 1.807) is 0 Å². The number of aromatic nitrogens is 1. The van der Waals surface area contributed by atoms with E-state index in [-0.39, 0.29) is 12.0 Å². The van der Waals surface area contributed by atoms with Crippen LogP contribution in [0.2, 0.25) is 0 Å². The van der Waals surface area contributed by atoms with E-state index in [4.69, 9.17) is 4.74 Å². The minimum absolute atomic E-state index is 0.0712. The number of fused-ring (bicyclic) bond motifs is 1. The first-order valence-corrected chi connectivity index (χ1v) is 8.23. The number of amides is 1. The molecule has 1 aromatic heterocycles. The van der Waals surface area contributed by atoms with E-state index in [1.807, 2.05) is 45.0 Å². The lowest BCUT2D eigenvalue weighted by molar-refractivity contribution is 0.0757. The highest BCUT2D eigenvalue weighted by molar-refractivity contribution is 9.10. The van der Waals surface area contributed by atoms with Gasteiger partial charge in [0, 0.05) is 28.7 Å². The van der Waals surface area contributed by atoms with Gasteiger partial charge >= 0.3 is 0 Å². The van der Waals surface area contributed by atoms with Crippen molar-refractivity contribution in [2.24, 2.45) is 0 Å². The number of hydrogen-bond donors (Lipinski definition) is 1. The maximum atomic E-state index is 12.4. The fraction of sp³-hybridized carbons (Fsp3) is 0.412. The standard InChI is InChI=1S/C17H21BrN2O2/c1-11(2)22-8-4-7-19-17(21)15-9-12(3)20-16-6-5-13(18)10-14(15)16/h5-6,9-11H,4,7-8H2,1-3H3,(H,19,21). The molecule has 1 amide bonds. The molecule has 0 saturated carbocycles. The van der Waals surface area contributed by atoms with Gasteiger partial charge in [0.05, 0.1) is 17.2 Å². The number of benzene rings is 1. The van der Waals surface area contributed by atoms with Crippen LogP contribution in [0.4, 0.5) is 0 Å². The Kier molecular flexibility index (Phi) is 5.91. The fourth-order valence-corrected chi connectivity index (χ4v) is 2.57. The summed E-state index contributed by atoms with van der Waals surface area (Å²) in [4.78, 5) is 16.9. The SMILES string of the molecule is Cc1cc(C(=O)NCCCOC(C)C)c2cc(Br)ccc2n1. The van der Waals surface area contributed by atoms with Crippen molar-refractivity contribution in [3.8, 4) is 0 Å². The van der Waals surface area contributed by atoms with Crippen LogP contribution in [-0.4, -0.2) is 30.1 Å². The van der Waals surface area contributed by atoms with Crippen LogP contribution in [0.25, 0.3) is 10.9 Å². The molecule has 1 N–H and O–H groups in total. The lowest BCUT2D eigenvalue weighted by Crippen LogP contribution is -2.26. The third-order valence-corrected chi connectivity index (χ3v) is 3.69. The van der Waals surface area contributed by atoms with Crippen LogP contribution in [0.3, 0.4) is 0 Å². The van der Waals surface area contributed by atoms with Crippen LogP contribution in [0, 0.1) is 6.92 Å². The Morgan fingerprint density at radius 1 is 1.36 bits per heavy atom. The zero-order valence-electron chi connectivity index (χ0n) is 13.1. The normalized spacial score (nSPS) is 11.1. The number of ether oxygens (including phenoxy) is 1. The molecule has 2 rings (SSSR count). The molecule has 0 aliphatic rings. The monoisotopic (exact) mass is 364 g/mol. The van der Waals surface area contributed by atoms with Crippen molar-refractivity contribution in [2.75, 3.05) is 13.2 Å². The van der Waals surface area contributed by atoms with E-state index in [1.165, 1.54) is 0 Å². The van der Waals surface area contributed by atoms with Crippen LogP contribution in [0.1, 0.15) is 36.3 Å². The van der Waals surface area contributed by atoms with Gasteiger partial charge in [-0.1, -0.05) is 15.9 Å². The third-order valence-electron chi connectivity index (χ3n) is 3.20. The quantitative estimate of drug-likeness (QED) is 0.791. The summed E-state index contributed by atoms with van der Waals surface area (Å²) in [6.07, 6.45) is 1.02. The predicted octanol–water partition coefficient (Wildman–Crippen LogP) is 3.85. The highest BCUT2D eigenvalue weighted by Gasteiger charge is 2.12. The van der Waals surface area contributed by atoms with Gasteiger partial charge in [-0.15, -0.1) is 0 Å². The summed E-state index contributed by atoms with van der Waals surface area (Å²) >= 11 is 3.44. The second kappa shape index (κ2) is 7.70. The number of aryl methyl sites for hydroxylation is 1. The topological polar surface area (TPSA) is 51.2 Å². The minimum Gasteiger partial charge on any atom is -0.379 e. The van der Waals surface area contributed by atoms with Gasteiger partial charge in [0.1, 0.15) is 0 Å². The Balaban J connectivity index is 2.09. The molecule has 0 aliphatic carbocycles. The molecule has 0 spiro atoms. The number of hydrogen-bond acceptors (Lipinski definition) is 3. The van der Waals surface area contributed by atoms with Crippen LogP contribution >= 0.6 is 15.9 Å². The van der Waals surface area contributed by atoms with Crippen molar-refractivity contribution in [3.05, 3.63) is 40.0 Å². The van der Waals surface area contributed by atoms with Gasteiger partial charge in [-0.3, -0.25) is 9.78 Å². The number of nitrogens with one attached hydrogen (secondary N) is 1. The number of carbonyl (C=O) groups excluding carboxylic acids is 1. The average molecular weight is 365 g/mol. The van der Waals surface area contributed by atoms with Gasteiger partial charge < -0.3 is 10.1 Å². The maximum absolute atomic E-state index is 12.4. The molecule has 2 aromatic rings. The fourth-order valence-electron chi connectivity index (χ4n) is 2.21. The van der Waals surface area contributed by atoms with Crippen molar-refractivity contribution in [2.45, 2.75) is 33.3 Å². The smallest absolute Gasteiger partial charge is 0.252 e. The van der Waals surface area contributed by atoms with E-state index in [0.717, 1.165) is 27.5 Å². The third kappa shape index (κ3) is 4.52. The Bertz CT molecular complexity index is 671. The van der Waals surface area contributed by atoms with Crippen LogP contribution < -0.4 is 5.32 Å². The van der Waals surface area contributed by atoms with Crippen molar-refractivity contribution in [1.82, 2.24) is 10.3 Å². The second-order valence-electron chi connectivity index (χ2n) is 5.50. The molecule has 0 unspecified atom stereocenters. The first-order valence-electron chi connectivity index (χ1n) is 7.44. The largest absolute Gasteiger partial charge is 0.379 e. The van der Waals surface area contributed by atoms with E-state index < -0.39 is 0 Å². The Hall–Kier alpha value is -1.46. The van der Waals surface area contributed by atoms with Gasteiger partial charge in [-0.25, -0.2) is 0 Å². The summed E-state index contributed by atoms with van der Waals surface area (Å²) in [5.41, 5.74) is 2.33. The highest BCUT2D eigenvalue weighted by atomic mass is 79.9.